The van der Waals surface area contributed by atoms with Crippen LogP contribution in [0.15, 0.2) is 10.7 Å². The molecule has 1 aromatic rings. The number of hydrogen-bond donors (Lipinski definition) is 1. The average molecular weight is 195 g/mol. The Morgan fingerprint density at radius 2 is 2.57 bits per heavy atom. The van der Waals surface area contributed by atoms with Crippen LogP contribution in [0.2, 0.25) is 0 Å². The van der Waals surface area contributed by atoms with Crippen LogP contribution in [0.25, 0.3) is 0 Å². The summed E-state index contributed by atoms with van der Waals surface area (Å²) in [6.45, 7) is 2.07. The number of aryl methyl sites for hydroxylation is 1. The number of fused-ring (bicyclic) bond motifs is 1. The lowest BCUT2D eigenvalue weighted by Crippen LogP contribution is -2.19. The number of hydrogen-bond acceptors (Lipinski definition) is 3. The highest BCUT2D eigenvalue weighted by Gasteiger charge is 2.31. The Hall–Kier alpha value is -1.32. The molecule has 0 aromatic carbocycles. The summed E-state index contributed by atoms with van der Waals surface area (Å²) in [6.07, 6.45) is 3.82. The van der Waals surface area contributed by atoms with Crippen LogP contribution in [0.5, 0.6) is 0 Å². The van der Waals surface area contributed by atoms with Gasteiger partial charge in [0.1, 0.15) is 5.76 Å². The van der Waals surface area contributed by atoms with Gasteiger partial charge in [0.25, 0.3) is 0 Å². The minimum Gasteiger partial charge on any atom is -0.481 e. The van der Waals surface area contributed by atoms with Crippen LogP contribution in [-0.4, -0.2) is 16.2 Å². The maximum atomic E-state index is 10.7. The first-order chi connectivity index (χ1) is 6.68. The normalized spacial score (nSPS) is 25.8. The van der Waals surface area contributed by atoms with E-state index < -0.39 is 5.97 Å². The summed E-state index contributed by atoms with van der Waals surface area (Å²) in [6, 6.07) is 0. The number of aromatic nitrogens is 1. The SMILES string of the molecule is CC1CCc2cnoc2C1CC(=O)O. The van der Waals surface area contributed by atoms with E-state index in [0.29, 0.717) is 5.92 Å². The van der Waals surface area contributed by atoms with E-state index in [1.807, 2.05) is 0 Å². The molecule has 14 heavy (non-hydrogen) atoms. The van der Waals surface area contributed by atoms with E-state index in [1.54, 1.807) is 6.20 Å². The zero-order valence-electron chi connectivity index (χ0n) is 8.06. The minimum atomic E-state index is -0.772. The van der Waals surface area contributed by atoms with Crippen molar-refractivity contribution in [3.05, 3.63) is 17.5 Å². The third kappa shape index (κ3) is 1.52. The smallest absolute Gasteiger partial charge is 0.304 e. The highest BCUT2D eigenvalue weighted by atomic mass is 16.5. The molecule has 0 aliphatic heterocycles. The highest BCUT2D eigenvalue weighted by Crippen LogP contribution is 2.37. The van der Waals surface area contributed by atoms with Gasteiger partial charge in [0.05, 0.1) is 12.6 Å². The molecular weight excluding hydrogens is 182 g/mol. The molecule has 4 nitrogen and oxygen atoms in total. The first-order valence-electron chi connectivity index (χ1n) is 4.83. The number of rotatable bonds is 2. The molecule has 0 amide bonds. The molecule has 1 aromatic heterocycles. The predicted molar refractivity (Wildman–Crippen MR) is 49.0 cm³/mol. The first kappa shape index (κ1) is 9.24. The number of aliphatic carboxylic acids is 1. The van der Waals surface area contributed by atoms with E-state index in [2.05, 4.69) is 12.1 Å². The lowest BCUT2D eigenvalue weighted by atomic mass is 9.78. The fraction of sp³-hybridized carbons (Fsp3) is 0.600. The van der Waals surface area contributed by atoms with Crippen LogP contribution in [0.3, 0.4) is 0 Å². The van der Waals surface area contributed by atoms with E-state index in [4.69, 9.17) is 9.63 Å². The Morgan fingerprint density at radius 3 is 3.29 bits per heavy atom. The fourth-order valence-corrected chi connectivity index (χ4v) is 2.09. The van der Waals surface area contributed by atoms with Gasteiger partial charge < -0.3 is 9.63 Å². The molecule has 1 N–H and O–H groups in total. The molecule has 76 valence electrons. The zero-order chi connectivity index (χ0) is 10.1. The molecule has 0 fully saturated rings. The third-order valence-corrected chi connectivity index (χ3v) is 2.96. The number of carboxylic acids is 1. The van der Waals surface area contributed by atoms with Gasteiger partial charge in [0.2, 0.25) is 0 Å². The second kappa shape index (κ2) is 3.44. The van der Waals surface area contributed by atoms with Crippen LogP contribution in [0.1, 0.15) is 37.0 Å². The van der Waals surface area contributed by atoms with E-state index in [0.717, 1.165) is 24.2 Å². The van der Waals surface area contributed by atoms with Crippen LogP contribution in [0, 0.1) is 5.92 Å². The average Bonchev–Trinajstić information content (AvgIpc) is 2.57. The van der Waals surface area contributed by atoms with Crippen molar-refractivity contribution < 1.29 is 14.4 Å². The largest absolute Gasteiger partial charge is 0.481 e. The van der Waals surface area contributed by atoms with Crippen molar-refractivity contribution in [3.8, 4) is 0 Å². The monoisotopic (exact) mass is 195 g/mol. The quantitative estimate of drug-likeness (QED) is 0.781. The molecular formula is C10H13NO3. The summed E-state index contributed by atoms with van der Waals surface area (Å²) >= 11 is 0. The van der Waals surface area contributed by atoms with Crippen LogP contribution in [-0.2, 0) is 11.2 Å². The van der Waals surface area contributed by atoms with Crippen LogP contribution >= 0.6 is 0 Å². The molecule has 0 radical (unpaired) electrons. The highest BCUT2D eigenvalue weighted by molar-refractivity contribution is 5.68. The van der Waals surface area contributed by atoms with Crippen molar-refractivity contribution in [2.75, 3.05) is 0 Å². The summed E-state index contributed by atoms with van der Waals surface area (Å²) in [5, 5.41) is 12.5. The van der Waals surface area contributed by atoms with E-state index >= 15 is 0 Å². The Balaban J connectivity index is 2.26. The Labute approximate surface area is 81.9 Å². The molecule has 0 saturated carbocycles. The van der Waals surface area contributed by atoms with E-state index in [9.17, 15) is 4.79 Å². The molecule has 0 spiro atoms. The van der Waals surface area contributed by atoms with Gasteiger partial charge in [0, 0.05) is 11.5 Å². The van der Waals surface area contributed by atoms with E-state index in [-0.39, 0.29) is 12.3 Å². The standard InChI is InChI=1S/C10H13NO3/c1-6-2-3-7-5-11-14-10(7)8(6)4-9(12)13/h5-6,8H,2-4H2,1H3,(H,12,13). The second-order valence-corrected chi connectivity index (χ2v) is 3.94. The number of nitrogens with zero attached hydrogens (tertiary/aromatic N) is 1. The van der Waals surface area contributed by atoms with Gasteiger partial charge in [-0.3, -0.25) is 4.79 Å². The van der Waals surface area contributed by atoms with Crippen molar-refractivity contribution in [3.63, 3.8) is 0 Å². The van der Waals surface area contributed by atoms with Crippen molar-refractivity contribution >= 4 is 5.97 Å². The second-order valence-electron chi connectivity index (χ2n) is 3.94. The van der Waals surface area contributed by atoms with E-state index in [1.165, 1.54) is 0 Å². The fourth-order valence-electron chi connectivity index (χ4n) is 2.09. The Kier molecular flexibility index (Phi) is 2.27. The lowest BCUT2D eigenvalue weighted by Gasteiger charge is -2.25. The summed E-state index contributed by atoms with van der Waals surface area (Å²) in [5.74, 6) is 0.377. The van der Waals surface area contributed by atoms with Crippen molar-refractivity contribution in [2.24, 2.45) is 5.92 Å². The summed E-state index contributed by atoms with van der Waals surface area (Å²) in [4.78, 5) is 10.7. The molecule has 0 bridgehead atoms. The molecule has 1 aliphatic rings. The van der Waals surface area contributed by atoms with Gasteiger partial charge in [-0.05, 0) is 18.8 Å². The van der Waals surface area contributed by atoms with Gasteiger partial charge >= 0.3 is 5.97 Å². The van der Waals surface area contributed by atoms with Gasteiger partial charge in [-0.15, -0.1) is 0 Å². The maximum absolute atomic E-state index is 10.7. The molecule has 2 atom stereocenters. The lowest BCUT2D eigenvalue weighted by molar-refractivity contribution is -0.138. The van der Waals surface area contributed by atoms with Gasteiger partial charge in [0.15, 0.2) is 0 Å². The summed E-state index contributed by atoms with van der Waals surface area (Å²) in [7, 11) is 0. The summed E-state index contributed by atoms with van der Waals surface area (Å²) < 4.78 is 5.13. The molecule has 0 saturated heterocycles. The number of carboxylic acid groups (broad SMARTS) is 1. The van der Waals surface area contributed by atoms with Crippen LogP contribution < -0.4 is 0 Å². The van der Waals surface area contributed by atoms with Crippen LogP contribution in [0.4, 0.5) is 0 Å². The summed E-state index contributed by atoms with van der Waals surface area (Å²) in [5.41, 5.74) is 1.08. The minimum absolute atomic E-state index is 0.00116. The maximum Gasteiger partial charge on any atom is 0.304 e. The molecule has 1 aliphatic carbocycles. The molecule has 4 heteroatoms. The predicted octanol–water partition coefficient (Wildman–Crippen LogP) is 1.82. The van der Waals surface area contributed by atoms with Gasteiger partial charge in [-0.1, -0.05) is 12.1 Å². The molecule has 1 heterocycles. The zero-order valence-corrected chi connectivity index (χ0v) is 8.06. The third-order valence-electron chi connectivity index (χ3n) is 2.96. The first-order valence-corrected chi connectivity index (χ1v) is 4.83. The van der Waals surface area contributed by atoms with Crippen molar-refractivity contribution in [2.45, 2.75) is 32.1 Å². The van der Waals surface area contributed by atoms with Crippen molar-refractivity contribution in [1.82, 2.24) is 5.16 Å². The molecule has 2 unspecified atom stereocenters. The number of carbonyl (C=O) groups is 1. The Morgan fingerprint density at radius 1 is 1.79 bits per heavy atom. The Bertz CT molecular complexity index is 345. The van der Waals surface area contributed by atoms with Gasteiger partial charge in [-0.2, -0.15) is 0 Å². The topological polar surface area (TPSA) is 63.3 Å². The molecule has 2 rings (SSSR count). The van der Waals surface area contributed by atoms with Crippen molar-refractivity contribution in [1.29, 1.82) is 0 Å². The van der Waals surface area contributed by atoms with Gasteiger partial charge in [-0.25, -0.2) is 0 Å².